The van der Waals surface area contributed by atoms with E-state index in [2.05, 4.69) is 10.2 Å². The lowest BCUT2D eigenvalue weighted by molar-refractivity contribution is 0.186. The third-order valence-corrected chi connectivity index (χ3v) is 2.72. The fraction of sp³-hybridized carbons (Fsp3) is 0.333. The van der Waals surface area contributed by atoms with Gasteiger partial charge >= 0.3 is 0 Å². The maximum absolute atomic E-state index is 5.95. The number of halogens is 1. The fourth-order valence-electron chi connectivity index (χ4n) is 1.62. The van der Waals surface area contributed by atoms with Crippen LogP contribution in [0.15, 0.2) is 30.6 Å². The molecule has 0 unspecified atom stereocenters. The number of nitrogens with zero attached hydrogens (tertiary/aromatic N) is 3. The van der Waals surface area contributed by atoms with Gasteiger partial charge in [0.2, 0.25) is 0 Å². The van der Waals surface area contributed by atoms with Crippen molar-refractivity contribution in [1.29, 1.82) is 0 Å². The van der Waals surface area contributed by atoms with Crippen molar-refractivity contribution in [2.24, 2.45) is 0 Å². The summed E-state index contributed by atoms with van der Waals surface area (Å²) in [6.45, 7) is 1.42. The number of rotatable bonds is 5. The second-order valence-corrected chi connectivity index (χ2v) is 4.18. The zero-order chi connectivity index (χ0) is 12.1. The Morgan fingerprint density at radius 2 is 2.29 bits per heavy atom. The van der Waals surface area contributed by atoms with E-state index in [-0.39, 0.29) is 0 Å². The highest BCUT2D eigenvalue weighted by molar-refractivity contribution is 6.30. The molecule has 0 N–H and O–H groups in total. The van der Waals surface area contributed by atoms with Crippen LogP contribution >= 0.6 is 11.6 Å². The summed E-state index contributed by atoms with van der Waals surface area (Å²) in [5.74, 6) is 0.921. The van der Waals surface area contributed by atoms with Crippen molar-refractivity contribution >= 4 is 11.6 Å². The highest BCUT2D eigenvalue weighted by atomic mass is 35.5. The molecule has 0 spiro atoms. The first-order valence-corrected chi connectivity index (χ1v) is 5.77. The molecular formula is C12H14ClN3O. The van der Waals surface area contributed by atoms with Crippen LogP contribution in [-0.2, 0) is 17.7 Å². The average Bonchev–Trinajstić information content (AvgIpc) is 2.74. The number of aromatic nitrogens is 3. The molecule has 0 saturated carbocycles. The summed E-state index contributed by atoms with van der Waals surface area (Å²) in [5, 5.41) is 8.77. The normalized spacial score (nSPS) is 10.7. The number of methoxy groups -OCH3 is 1. The molecule has 0 aliphatic rings. The molecule has 5 heteroatoms. The Bertz CT molecular complexity index is 484. The molecule has 2 rings (SSSR count). The van der Waals surface area contributed by atoms with E-state index in [4.69, 9.17) is 16.3 Å². The third-order valence-electron chi connectivity index (χ3n) is 2.48. The Morgan fingerprint density at radius 1 is 1.41 bits per heavy atom. The second-order valence-electron chi connectivity index (χ2n) is 3.74. The Hall–Kier alpha value is -1.39. The van der Waals surface area contributed by atoms with Gasteiger partial charge in [-0.1, -0.05) is 23.7 Å². The standard InChI is InChI=1S/C12H14ClN3O/c1-17-6-5-16-9-14-15-12(16)8-10-3-2-4-11(13)7-10/h2-4,7,9H,5-6,8H2,1H3. The first kappa shape index (κ1) is 12.1. The van der Waals surface area contributed by atoms with Gasteiger partial charge in [0.15, 0.2) is 0 Å². The smallest absolute Gasteiger partial charge is 0.137 e. The Morgan fingerprint density at radius 3 is 3.06 bits per heavy atom. The highest BCUT2D eigenvalue weighted by Crippen LogP contribution is 2.13. The van der Waals surface area contributed by atoms with Gasteiger partial charge in [0.1, 0.15) is 12.2 Å². The molecule has 4 nitrogen and oxygen atoms in total. The van der Waals surface area contributed by atoms with E-state index in [1.54, 1.807) is 13.4 Å². The third kappa shape index (κ3) is 3.28. The first-order chi connectivity index (χ1) is 8.29. The van der Waals surface area contributed by atoms with E-state index in [0.29, 0.717) is 6.61 Å². The van der Waals surface area contributed by atoms with Gasteiger partial charge in [-0.05, 0) is 17.7 Å². The molecule has 1 aromatic carbocycles. The van der Waals surface area contributed by atoms with Crippen molar-refractivity contribution in [2.45, 2.75) is 13.0 Å². The molecule has 0 amide bonds. The molecule has 2 aromatic rings. The maximum Gasteiger partial charge on any atom is 0.137 e. The topological polar surface area (TPSA) is 39.9 Å². The van der Waals surface area contributed by atoms with Gasteiger partial charge in [0.25, 0.3) is 0 Å². The SMILES string of the molecule is COCCn1cnnc1Cc1cccc(Cl)c1. The molecule has 0 saturated heterocycles. The van der Waals surface area contributed by atoms with Crippen molar-refractivity contribution in [3.8, 4) is 0 Å². The van der Waals surface area contributed by atoms with Crippen LogP contribution in [0.4, 0.5) is 0 Å². The van der Waals surface area contributed by atoms with Crippen LogP contribution in [0.5, 0.6) is 0 Å². The van der Waals surface area contributed by atoms with E-state index in [1.165, 1.54) is 0 Å². The minimum atomic E-state index is 0.653. The average molecular weight is 252 g/mol. The van der Waals surface area contributed by atoms with Gasteiger partial charge in [-0.2, -0.15) is 0 Å². The van der Waals surface area contributed by atoms with E-state index < -0.39 is 0 Å². The predicted octanol–water partition coefficient (Wildman–Crippen LogP) is 2.17. The van der Waals surface area contributed by atoms with Crippen molar-refractivity contribution in [2.75, 3.05) is 13.7 Å². The number of hydrogen-bond donors (Lipinski definition) is 0. The molecule has 0 radical (unpaired) electrons. The molecular weight excluding hydrogens is 238 g/mol. The van der Waals surface area contributed by atoms with Crippen LogP contribution in [0.2, 0.25) is 5.02 Å². The lowest BCUT2D eigenvalue weighted by Gasteiger charge is -2.06. The zero-order valence-corrected chi connectivity index (χ0v) is 10.4. The van der Waals surface area contributed by atoms with Crippen molar-refractivity contribution in [3.63, 3.8) is 0 Å². The van der Waals surface area contributed by atoms with E-state index in [1.807, 2.05) is 28.8 Å². The monoisotopic (exact) mass is 251 g/mol. The zero-order valence-electron chi connectivity index (χ0n) is 9.64. The fourth-order valence-corrected chi connectivity index (χ4v) is 1.83. The molecule has 0 bridgehead atoms. The molecule has 0 atom stereocenters. The minimum absolute atomic E-state index is 0.653. The van der Waals surface area contributed by atoms with E-state index >= 15 is 0 Å². The summed E-state index contributed by atoms with van der Waals surface area (Å²) in [6.07, 6.45) is 2.45. The van der Waals surface area contributed by atoms with Gasteiger partial charge in [-0.15, -0.1) is 10.2 Å². The molecule has 0 aliphatic heterocycles. The minimum Gasteiger partial charge on any atom is -0.383 e. The number of benzene rings is 1. The first-order valence-electron chi connectivity index (χ1n) is 5.39. The Balaban J connectivity index is 2.10. The van der Waals surface area contributed by atoms with Gasteiger partial charge in [0, 0.05) is 25.1 Å². The summed E-state index contributed by atoms with van der Waals surface area (Å²) in [7, 11) is 1.68. The van der Waals surface area contributed by atoms with Gasteiger partial charge in [0.05, 0.1) is 6.61 Å². The molecule has 90 valence electrons. The summed E-state index contributed by atoms with van der Waals surface area (Å²) in [4.78, 5) is 0. The molecule has 0 fully saturated rings. The van der Waals surface area contributed by atoms with Crippen LogP contribution in [0, 0.1) is 0 Å². The largest absolute Gasteiger partial charge is 0.383 e. The van der Waals surface area contributed by atoms with Crippen LogP contribution in [0.1, 0.15) is 11.4 Å². The van der Waals surface area contributed by atoms with Crippen molar-refractivity contribution in [3.05, 3.63) is 47.0 Å². The van der Waals surface area contributed by atoms with Crippen molar-refractivity contribution < 1.29 is 4.74 Å². The van der Waals surface area contributed by atoms with Gasteiger partial charge < -0.3 is 9.30 Å². The van der Waals surface area contributed by atoms with E-state index in [0.717, 1.165) is 29.4 Å². The van der Waals surface area contributed by atoms with E-state index in [9.17, 15) is 0 Å². The van der Waals surface area contributed by atoms with Crippen LogP contribution < -0.4 is 0 Å². The molecule has 1 aromatic heterocycles. The summed E-state index contributed by atoms with van der Waals surface area (Å²) < 4.78 is 7.03. The maximum atomic E-state index is 5.95. The quantitative estimate of drug-likeness (QED) is 0.818. The molecule has 1 heterocycles. The summed E-state index contributed by atoms with van der Waals surface area (Å²) >= 11 is 5.95. The van der Waals surface area contributed by atoms with Crippen LogP contribution in [0.3, 0.4) is 0 Å². The Labute approximate surface area is 105 Å². The van der Waals surface area contributed by atoms with Crippen LogP contribution in [-0.4, -0.2) is 28.5 Å². The summed E-state index contributed by atoms with van der Waals surface area (Å²) in [5.41, 5.74) is 1.13. The number of hydrogen-bond acceptors (Lipinski definition) is 3. The lowest BCUT2D eigenvalue weighted by Crippen LogP contribution is -2.08. The predicted molar refractivity (Wildman–Crippen MR) is 66.2 cm³/mol. The van der Waals surface area contributed by atoms with Gasteiger partial charge in [-0.25, -0.2) is 0 Å². The lowest BCUT2D eigenvalue weighted by atomic mass is 10.1. The van der Waals surface area contributed by atoms with Crippen LogP contribution in [0.25, 0.3) is 0 Å². The Kier molecular flexibility index (Phi) is 4.12. The van der Waals surface area contributed by atoms with Gasteiger partial charge in [-0.3, -0.25) is 0 Å². The highest BCUT2D eigenvalue weighted by Gasteiger charge is 2.05. The summed E-state index contributed by atoms with van der Waals surface area (Å²) in [6, 6.07) is 7.77. The van der Waals surface area contributed by atoms with Crippen molar-refractivity contribution in [1.82, 2.24) is 14.8 Å². The molecule has 17 heavy (non-hydrogen) atoms. The second kappa shape index (κ2) is 5.80. The molecule has 0 aliphatic carbocycles. The number of ether oxygens (including phenoxy) is 1.